The van der Waals surface area contributed by atoms with Gasteiger partial charge in [-0.1, -0.05) is 22.0 Å². The topological polar surface area (TPSA) is 92.8 Å². The first-order chi connectivity index (χ1) is 10.4. The minimum absolute atomic E-state index is 0.0615. The summed E-state index contributed by atoms with van der Waals surface area (Å²) in [7, 11) is -2.70. The van der Waals surface area contributed by atoms with E-state index in [1.54, 1.807) is 12.1 Å². The lowest BCUT2D eigenvalue weighted by Crippen LogP contribution is -2.57. The third-order valence-electron chi connectivity index (χ3n) is 3.27. The van der Waals surface area contributed by atoms with Gasteiger partial charge in [-0.15, -0.1) is 0 Å². The van der Waals surface area contributed by atoms with Crippen LogP contribution < -0.4 is 5.32 Å². The van der Waals surface area contributed by atoms with E-state index in [2.05, 4.69) is 26.0 Å². The van der Waals surface area contributed by atoms with Gasteiger partial charge in [-0.3, -0.25) is 9.59 Å². The lowest BCUT2D eigenvalue weighted by molar-refractivity contribution is -0.144. The van der Waals surface area contributed by atoms with Gasteiger partial charge in [0, 0.05) is 17.6 Å². The van der Waals surface area contributed by atoms with Crippen molar-refractivity contribution in [3.05, 3.63) is 28.7 Å². The number of rotatable bonds is 4. The number of carbonyl (C=O) groups excluding carboxylic acids is 2. The number of sulfonamides is 1. The summed E-state index contributed by atoms with van der Waals surface area (Å²) in [4.78, 5) is 23.5. The third-order valence-corrected chi connectivity index (χ3v) is 5.67. The molecule has 1 amide bonds. The Balaban J connectivity index is 2.37. The summed E-state index contributed by atoms with van der Waals surface area (Å²) in [5.74, 6) is -1.15. The molecule has 1 saturated heterocycles. The van der Waals surface area contributed by atoms with Gasteiger partial charge in [0.25, 0.3) is 0 Å². The molecule has 120 valence electrons. The molecule has 1 atom stereocenters. The zero-order valence-corrected chi connectivity index (χ0v) is 14.2. The molecule has 1 heterocycles. The van der Waals surface area contributed by atoms with Gasteiger partial charge in [-0.2, -0.15) is 4.31 Å². The summed E-state index contributed by atoms with van der Waals surface area (Å²) in [6, 6.07) is 5.09. The Morgan fingerprint density at radius 1 is 1.50 bits per heavy atom. The van der Waals surface area contributed by atoms with Gasteiger partial charge in [-0.05, 0) is 18.2 Å². The highest BCUT2D eigenvalue weighted by atomic mass is 79.9. The van der Waals surface area contributed by atoms with Crippen molar-refractivity contribution in [3.63, 3.8) is 0 Å². The quantitative estimate of drug-likeness (QED) is 0.755. The van der Waals surface area contributed by atoms with E-state index >= 15 is 0 Å². The standard InChI is InChI=1S/C13H15BrN2O5S/c1-21-12(17)8-11-13(18)15-5-6-16(11)22(19,20)10-4-2-3-9(14)7-10/h2-4,7,11H,5-6,8H2,1H3,(H,15,18)/t11-/m1/s1. The first-order valence-electron chi connectivity index (χ1n) is 6.48. The molecular weight excluding hydrogens is 376 g/mol. The Kier molecular flexibility index (Phi) is 5.20. The number of hydrogen-bond acceptors (Lipinski definition) is 5. The number of carbonyl (C=O) groups is 2. The fourth-order valence-electron chi connectivity index (χ4n) is 2.18. The van der Waals surface area contributed by atoms with Crippen LogP contribution in [-0.4, -0.2) is 50.8 Å². The summed E-state index contributed by atoms with van der Waals surface area (Å²) < 4.78 is 31.7. The number of methoxy groups -OCH3 is 1. The summed E-state index contributed by atoms with van der Waals surface area (Å²) in [6.45, 7) is 0.298. The molecule has 0 radical (unpaired) electrons. The average Bonchev–Trinajstić information content (AvgIpc) is 2.49. The van der Waals surface area contributed by atoms with Crippen molar-refractivity contribution >= 4 is 37.8 Å². The van der Waals surface area contributed by atoms with Crippen molar-refractivity contribution in [2.45, 2.75) is 17.4 Å². The molecule has 1 aromatic rings. The Labute approximate surface area is 136 Å². The maximum Gasteiger partial charge on any atom is 0.307 e. The average molecular weight is 391 g/mol. The SMILES string of the molecule is COC(=O)C[C@@H]1C(=O)NCCN1S(=O)(=O)c1cccc(Br)c1. The molecule has 9 heteroatoms. The van der Waals surface area contributed by atoms with E-state index in [0.29, 0.717) is 4.47 Å². The van der Waals surface area contributed by atoms with Gasteiger partial charge in [0.1, 0.15) is 6.04 Å². The van der Waals surface area contributed by atoms with Crippen LogP contribution in [0.2, 0.25) is 0 Å². The van der Waals surface area contributed by atoms with Crippen LogP contribution in [0.3, 0.4) is 0 Å². The number of piperazine rings is 1. The van der Waals surface area contributed by atoms with Crippen molar-refractivity contribution in [1.82, 2.24) is 9.62 Å². The summed E-state index contributed by atoms with van der Waals surface area (Å²) in [6.07, 6.45) is -0.324. The number of benzene rings is 1. The smallest absolute Gasteiger partial charge is 0.307 e. The summed E-state index contributed by atoms with van der Waals surface area (Å²) in [5.41, 5.74) is 0. The Bertz CT molecular complexity index is 691. The van der Waals surface area contributed by atoms with Crippen LogP contribution in [0.5, 0.6) is 0 Å². The second-order valence-corrected chi connectivity index (χ2v) is 7.47. The fourth-order valence-corrected chi connectivity index (χ4v) is 4.36. The van der Waals surface area contributed by atoms with E-state index in [1.807, 2.05) is 0 Å². The van der Waals surface area contributed by atoms with Gasteiger partial charge in [0.15, 0.2) is 0 Å². The second kappa shape index (κ2) is 6.76. The maximum absolute atomic E-state index is 12.7. The Morgan fingerprint density at radius 3 is 2.86 bits per heavy atom. The maximum atomic E-state index is 12.7. The molecule has 1 fully saturated rings. The van der Waals surface area contributed by atoms with Gasteiger partial charge in [0.05, 0.1) is 18.4 Å². The Morgan fingerprint density at radius 2 is 2.23 bits per heavy atom. The van der Waals surface area contributed by atoms with Crippen LogP contribution >= 0.6 is 15.9 Å². The van der Waals surface area contributed by atoms with E-state index in [9.17, 15) is 18.0 Å². The number of hydrogen-bond donors (Lipinski definition) is 1. The molecule has 2 rings (SSSR count). The van der Waals surface area contributed by atoms with E-state index in [-0.39, 0.29) is 24.4 Å². The van der Waals surface area contributed by atoms with Crippen LogP contribution in [0.25, 0.3) is 0 Å². The number of halogens is 1. The molecule has 1 N–H and O–H groups in total. The van der Waals surface area contributed by atoms with Crippen LogP contribution in [-0.2, 0) is 24.3 Å². The number of nitrogens with zero attached hydrogens (tertiary/aromatic N) is 1. The van der Waals surface area contributed by atoms with Crippen LogP contribution in [0.15, 0.2) is 33.6 Å². The largest absolute Gasteiger partial charge is 0.469 e. The molecule has 7 nitrogen and oxygen atoms in total. The lowest BCUT2D eigenvalue weighted by Gasteiger charge is -2.33. The number of esters is 1. The summed E-state index contributed by atoms with van der Waals surface area (Å²) in [5, 5.41) is 2.56. The molecule has 0 bridgehead atoms. The van der Waals surface area contributed by atoms with Gasteiger partial charge >= 0.3 is 5.97 Å². The minimum atomic E-state index is -3.89. The lowest BCUT2D eigenvalue weighted by atomic mass is 10.1. The normalized spacial score (nSPS) is 19.5. The van der Waals surface area contributed by atoms with Crippen molar-refractivity contribution < 1.29 is 22.7 Å². The van der Waals surface area contributed by atoms with Gasteiger partial charge in [0.2, 0.25) is 15.9 Å². The summed E-state index contributed by atoms with van der Waals surface area (Å²) >= 11 is 3.22. The van der Waals surface area contributed by atoms with Gasteiger partial charge in [-0.25, -0.2) is 8.42 Å². The fraction of sp³-hybridized carbons (Fsp3) is 0.385. The van der Waals surface area contributed by atoms with E-state index < -0.39 is 27.9 Å². The van der Waals surface area contributed by atoms with Crippen molar-refractivity contribution in [2.24, 2.45) is 0 Å². The Hall–Kier alpha value is -1.45. The predicted octanol–water partition coefficient (Wildman–Crippen LogP) is 0.501. The first kappa shape index (κ1) is 16.9. The minimum Gasteiger partial charge on any atom is -0.469 e. The van der Waals surface area contributed by atoms with Crippen molar-refractivity contribution in [2.75, 3.05) is 20.2 Å². The molecule has 1 aliphatic rings. The van der Waals surface area contributed by atoms with Gasteiger partial charge < -0.3 is 10.1 Å². The second-order valence-electron chi connectivity index (χ2n) is 4.66. The van der Waals surface area contributed by atoms with Crippen LogP contribution in [0.4, 0.5) is 0 Å². The molecule has 0 unspecified atom stereocenters. The predicted molar refractivity (Wildman–Crippen MR) is 81.5 cm³/mol. The highest BCUT2D eigenvalue weighted by molar-refractivity contribution is 9.10. The van der Waals surface area contributed by atoms with E-state index in [4.69, 9.17) is 0 Å². The zero-order chi connectivity index (χ0) is 16.3. The molecule has 1 aliphatic heterocycles. The van der Waals surface area contributed by atoms with E-state index in [1.165, 1.54) is 19.2 Å². The first-order valence-corrected chi connectivity index (χ1v) is 8.71. The number of ether oxygens (including phenoxy) is 1. The molecule has 0 aromatic heterocycles. The molecule has 0 aliphatic carbocycles. The molecule has 22 heavy (non-hydrogen) atoms. The van der Waals surface area contributed by atoms with Crippen molar-refractivity contribution in [1.29, 1.82) is 0 Å². The van der Waals surface area contributed by atoms with Crippen LogP contribution in [0, 0.1) is 0 Å². The molecule has 0 spiro atoms. The molecule has 1 aromatic carbocycles. The molecule has 0 saturated carbocycles. The van der Waals surface area contributed by atoms with E-state index in [0.717, 1.165) is 4.31 Å². The van der Waals surface area contributed by atoms with Crippen LogP contribution in [0.1, 0.15) is 6.42 Å². The van der Waals surface area contributed by atoms with Crippen molar-refractivity contribution in [3.8, 4) is 0 Å². The number of nitrogens with one attached hydrogen (secondary N) is 1. The zero-order valence-electron chi connectivity index (χ0n) is 11.8. The highest BCUT2D eigenvalue weighted by Crippen LogP contribution is 2.24. The highest BCUT2D eigenvalue weighted by Gasteiger charge is 2.39. The monoisotopic (exact) mass is 390 g/mol. The third kappa shape index (κ3) is 3.47. The molecular formula is C13H15BrN2O5S. The number of amides is 1.